The van der Waals surface area contributed by atoms with E-state index in [9.17, 15) is 9.90 Å². The molecule has 0 atom stereocenters. The molecule has 0 aliphatic rings. The van der Waals surface area contributed by atoms with Crippen molar-refractivity contribution in [1.29, 1.82) is 0 Å². The van der Waals surface area contributed by atoms with Crippen LogP contribution in [0.4, 0.5) is 20.6 Å². The molecule has 0 unspecified atom stereocenters. The molecule has 0 heterocycles. The highest BCUT2D eigenvalue weighted by Crippen LogP contribution is 2.35. The second-order valence-corrected chi connectivity index (χ2v) is 5.99. The Balaban J connectivity index is 1.92. The normalized spacial score (nSPS) is 10.4. The molecular weight excluding hydrogens is 349 g/mol. The summed E-state index contributed by atoms with van der Waals surface area (Å²) in [6, 6.07) is 15.6. The summed E-state index contributed by atoms with van der Waals surface area (Å²) >= 11 is 0. The maximum atomic E-state index is 15.1. The Morgan fingerprint density at radius 3 is 2.44 bits per heavy atom. The fourth-order valence-corrected chi connectivity index (χ4v) is 2.83. The van der Waals surface area contributed by atoms with E-state index in [1.54, 1.807) is 42.5 Å². The Bertz CT molecular complexity index is 975. The minimum Gasteiger partial charge on any atom is -0.507 e. The van der Waals surface area contributed by atoms with Crippen LogP contribution in [0.2, 0.25) is 0 Å². The quantitative estimate of drug-likeness (QED) is 0.438. The molecule has 0 aliphatic heterocycles. The number of amides is 2. The average Bonchev–Trinajstić information content (AvgIpc) is 2.65. The number of nitrogens with two attached hydrogens (primary N) is 1. The average molecular weight is 367 g/mol. The van der Waals surface area contributed by atoms with Gasteiger partial charge in [-0.1, -0.05) is 30.3 Å². The summed E-state index contributed by atoms with van der Waals surface area (Å²) in [5, 5.41) is 21.6. The van der Waals surface area contributed by atoms with Crippen LogP contribution in [0.25, 0.3) is 11.1 Å². The zero-order chi connectivity index (χ0) is 19.4. The number of nitrogens with one attached hydrogen (secondary N) is 2. The molecule has 0 fully saturated rings. The van der Waals surface area contributed by atoms with E-state index in [0.29, 0.717) is 28.9 Å². The fourth-order valence-electron chi connectivity index (χ4n) is 2.83. The van der Waals surface area contributed by atoms with Gasteiger partial charge >= 0.3 is 6.03 Å². The predicted molar refractivity (Wildman–Crippen MR) is 101 cm³/mol. The Hall–Kier alpha value is -3.58. The van der Waals surface area contributed by atoms with Crippen molar-refractivity contribution < 1.29 is 19.5 Å². The number of aromatic hydroxyl groups is 1. The molecule has 27 heavy (non-hydrogen) atoms. The molecule has 0 aliphatic carbocycles. The lowest BCUT2D eigenvalue weighted by molar-refractivity contribution is 0.259. The third-order valence-electron chi connectivity index (χ3n) is 4.10. The van der Waals surface area contributed by atoms with E-state index >= 15 is 4.39 Å². The smallest absolute Gasteiger partial charge is 0.316 e. The Kier molecular flexibility index (Phi) is 5.23. The van der Waals surface area contributed by atoms with Gasteiger partial charge in [-0.05, 0) is 47.0 Å². The number of primary amides is 1. The molecule has 3 aromatic carbocycles. The van der Waals surface area contributed by atoms with Gasteiger partial charge in [0.15, 0.2) is 0 Å². The van der Waals surface area contributed by atoms with Crippen molar-refractivity contribution in [1.82, 2.24) is 0 Å². The Labute approximate surface area is 155 Å². The van der Waals surface area contributed by atoms with Crippen molar-refractivity contribution in [3.05, 3.63) is 77.6 Å². The highest BCUT2D eigenvalue weighted by atomic mass is 19.1. The van der Waals surface area contributed by atoms with Crippen molar-refractivity contribution in [2.45, 2.75) is 6.42 Å². The summed E-state index contributed by atoms with van der Waals surface area (Å²) in [6.45, 7) is 0. The van der Waals surface area contributed by atoms with Gasteiger partial charge < -0.3 is 16.2 Å². The molecular formula is C20H18FN3O3. The van der Waals surface area contributed by atoms with Crippen LogP contribution in [-0.4, -0.2) is 16.3 Å². The topological polar surface area (TPSA) is 108 Å². The Morgan fingerprint density at radius 2 is 1.78 bits per heavy atom. The fraction of sp³-hybridized carbons (Fsp3) is 0.0500. The van der Waals surface area contributed by atoms with Gasteiger partial charge in [-0.2, -0.15) is 0 Å². The SMILES string of the molecule is NC(=O)Nc1ccc(Cc2ccc(O)c(-c3cccc(NO)c3)c2F)cc1. The van der Waals surface area contributed by atoms with Crippen LogP contribution in [0.15, 0.2) is 60.7 Å². The summed E-state index contributed by atoms with van der Waals surface area (Å²) in [6.07, 6.45) is 0.300. The molecule has 0 aromatic heterocycles. The lowest BCUT2D eigenvalue weighted by Crippen LogP contribution is -2.19. The molecule has 0 spiro atoms. The van der Waals surface area contributed by atoms with Gasteiger partial charge in [0.1, 0.15) is 11.6 Å². The Morgan fingerprint density at radius 1 is 1.04 bits per heavy atom. The molecule has 3 aromatic rings. The number of anilines is 2. The van der Waals surface area contributed by atoms with Crippen molar-refractivity contribution >= 4 is 17.4 Å². The van der Waals surface area contributed by atoms with Crippen molar-refractivity contribution in [3.8, 4) is 16.9 Å². The van der Waals surface area contributed by atoms with Crippen LogP contribution in [0.3, 0.4) is 0 Å². The number of urea groups is 1. The van der Waals surface area contributed by atoms with E-state index < -0.39 is 11.8 Å². The number of phenols is 1. The molecule has 138 valence electrons. The maximum absolute atomic E-state index is 15.1. The highest BCUT2D eigenvalue weighted by Gasteiger charge is 2.16. The van der Waals surface area contributed by atoms with Gasteiger partial charge in [0.25, 0.3) is 0 Å². The molecule has 0 saturated carbocycles. The largest absolute Gasteiger partial charge is 0.507 e. The minimum absolute atomic E-state index is 0.0663. The zero-order valence-corrected chi connectivity index (χ0v) is 14.2. The molecule has 0 radical (unpaired) electrons. The van der Waals surface area contributed by atoms with Gasteiger partial charge in [0.05, 0.1) is 11.3 Å². The van der Waals surface area contributed by atoms with E-state index in [2.05, 4.69) is 5.32 Å². The first-order chi connectivity index (χ1) is 13.0. The van der Waals surface area contributed by atoms with Crippen LogP contribution >= 0.6 is 0 Å². The van der Waals surface area contributed by atoms with Crippen molar-refractivity contribution in [2.24, 2.45) is 5.73 Å². The van der Waals surface area contributed by atoms with Crippen LogP contribution in [-0.2, 0) is 6.42 Å². The van der Waals surface area contributed by atoms with E-state index in [4.69, 9.17) is 10.9 Å². The zero-order valence-electron chi connectivity index (χ0n) is 14.2. The summed E-state index contributed by atoms with van der Waals surface area (Å²) < 4.78 is 15.1. The predicted octanol–water partition coefficient (Wildman–Crippen LogP) is 4.08. The van der Waals surface area contributed by atoms with Crippen LogP contribution < -0.4 is 16.5 Å². The molecule has 7 heteroatoms. The van der Waals surface area contributed by atoms with Crippen LogP contribution in [0.1, 0.15) is 11.1 Å². The van der Waals surface area contributed by atoms with Crippen molar-refractivity contribution in [3.63, 3.8) is 0 Å². The third kappa shape index (κ3) is 4.16. The van der Waals surface area contributed by atoms with Gasteiger partial charge in [-0.25, -0.2) is 9.18 Å². The molecule has 3 rings (SSSR count). The first kappa shape index (κ1) is 18.2. The van der Waals surface area contributed by atoms with E-state index in [1.807, 2.05) is 5.48 Å². The number of carbonyl (C=O) groups is 1. The minimum atomic E-state index is -0.656. The van der Waals surface area contributed by atoms with Crippen LogP contribution in [0, 0.1) is 5.82 Å². The summed E-state index contributed by atoms with van der Waals surface area (Å²) in [5.41, 5.74) is 9.74. The van der Waals surface area contributed by atoms with E-state index in [1.165, 1.54) is 18.2 Å². The van der Waals surface area contributed by atoms with Gasteiger partial charge in [-0.3, -0.25) is 10.7 Å². The first-order valence-corrected chi connectivity index (χ1v) is 8.14. The number of carbonyl (C=O) groups excluding carboxylic acids is 1. The second-order valence-electron chi connectivity index (χ2n) is 5.99. The molecule has 0 bridgehead atoms. The van der Waals surface area contributed by atoms with Gasteiger partial charge in [-0.15, -0.1) is 0 Å². The monoisotopic (exact) mass is 367 g/mol. The molecule has 0 saturated heterocycles. The number of benzene rings is 3. The second kappa shape index (κ2) is 7.76. The first-order valence-electron chi connectivity index (χ1n) is 8.14. The van der Waals surface area contributed by atoms with E-state index in [-0.39, 0.29) is 11.3 Å². The number of hydrogen-bond acceptors (Lipinski definition) is 4. The number of phenolic OH excluding ortho intramolecular Hbond substituents is 1. The molecule has 2 amide bonds. The van der Waals surface area contributed by atoms with E-state index in [0.717, 1.165) is 5.56 Å². The summed E-state index contributed by atoms with van der Waals surface area (Å²) in [5.74, 6) is -0.725. The third-order valence-corrected chi connectivity index (χ3v) is 4.10. The van der Waals surface area contributed by atoms with Crippen LogP contribution in [0.5, 0.6) is 5.75 Å². The molecule has 6 N–H and O–H groups in total. The number of halogens is 1. The number of hydrogen-bond donors (Lipinski definition) is 5. The summed E-state index contributed by atoms with van der Waals surface area (Å²) in [7, 11) is 0. The number of rotatable bonds is 5. The maximum Gasteiger partial charge on any atom is 0.316 e. The molecule has 6 nitrogen and oxygen atoms in total. The standard InChI is InChI=1S/C20H18FN3O3/c21-19-14(10-12-4-7-15(8-5-12)23-20(22)26)6-9-17(25)18(19)13-2-1-3-16(11-13)24-27/h1-9,11,24-25,27H,10H2,(H3,22,23,26). The lowest BCUT2D eigenvalue weighted by Gasteiger charge is -2.12. The van der Waals surface area contributed by atoms with Crippen molar-refractivity contribution in [2.75, 3.05) is 10.8 Å². The van der Waals surface area contributed by atoms with Gasteiger partial charge in [0.2, 0.25) is 0 Å². The van der Waals surface area contributed by atoms with Gasteiger partial charge in [0, 0.05) is 12.1 Å². The summed E-state index contributed by atoms with van der Waals surface area (Å²) in [4.78, 5) is 10.9. The highest BCUT2D eigenvalue weighted by molar-refractivity contribution is 5.87. The lowest BCUT2D eigenvalue weighted by atomic mass is 9.97.